The molecule has 0 bridgehead atoms. The molecule has 4 N–H and O–H groups in total. The Morgan fingerprint density at radius 2 is 1.73 bits per heavy atom. The number of pyridine rings is 1. The number of hydrogen-bond donors (Lipinski definition) is 3. The fourth-order valence-corrected chi connectivity index (χ4v) is 3.16. The van der Waals surface area contributed by atoms with Crippen molar-refractivity contribution in [2.45, 2.75) is 0 Å². The van der Waals surface area contributed by atoms with Crippen LogP contribution in [0.4, 0.5) is 25.8 Å². The Morgan fingerprint density at radius 3 is 2.53 bits per heavy atom. The third-order valence-electron chi connectivity index (χ3n) is 4.45. The molecular formula is C23H17ClF2N4. The van der Waals surface area contributed by atoms with E-state index in [2.05, 4.69) is 15.6 Å². The zero-order valence-corrected chi connectivity index (χ0v) is 16.4. The number of fused-ring (bicyclic) bond motifs is 1. The van der Waals surface area contributed by atoms with E-state index >= 15 is 0 Å². The molecule has 30 heavy (non-hydrogen) atoms. The van der Waals surface area contributed by atoms with Gasteiger partial charge in [0.15, 0.2) is 11.6 Å². The van der Waals surface area contributed by atoms with E-state index in [1.807, 2.05) is 48.5 Å². The Kier molecular flexibility index (Phi) is 5.50. The maximum Gasteiger partial charge on any atom is 0.160 e. The van der Waals surface area contributed by atoms with Crippen molar-refractivity contribution in [1.82, 2.24) is 4.98 Å². The molecule has 0 amide bonds. The molecule has 0 saturated heterocycles. The average Bonchev–Trinajstić information content (AvgIpc) is 2.74. The summed E-state index contributed by atoms with van der Waals surface area (Å²) in [5, 5.41) is 7.76. The standard InChI is InChI=1S/C23H17ClF2N4/c24-14-3-1-4-16(11-14)29-21-5-2-6-22-17(21)8-10-23(30-22)20(27)13-28-15-7-9-18(25)19(26)12-15/h1-13,28-29H,27H2/b20-13-. The average molecular weight is 423 g/mol. The van der Waals surface area contributed by atoms with Gasteiger partial charge in [0, 0.05) is 39.7 Å². The molecule has 0 spiro atoms. The molecule has 0 atom stereocenters. The van der Waals surface area contributed by atoms with Gasteiger partial charge in [-0.1, -0.05) is 23.7 Å². The highest BCUT2D eigenvalue weighted by Gasteiger charge is 2.07. The smallest absolute Gasteiger partial charge is 0.160 e. The predicted octanol–water partition coefficient (Wildman–Crippen LogP) is 6.28. The van der Waals surface area contributed by atoms with Crippen molar-refractivity contribution in [3.63, 3.8) is 0 Å². The SMILES string of the molecule is N/C(=C\Nc1ccc(F)c(F)c1)c1ccc2c(Nc3cccc(Cl)c3)cccc2n1. The molecule has 1 aromatic heterocycles. The molecule has 4 rings (SSSR count). The van der Waals surface area contributed by atoms with E-state index in [4.69, 9.17) is 17.3 Å². The van der Waals surface area contributed by atoms with Gasteiger partial charge in [0.25, 0.3) is 0 Å². The van der Waals surface area contributed by atoms with Gasteiger partial charge in [-0.15, -0.1) is 0 Å². The first kappa shape index (κ1) is 19.7. The molecule has 150 valence electrons. The Morgan fingerprint density at radius 1 is 0.900 bits per heavy atom. The van der Waals surface area contributed by atoms with Crippen LogP contribution < -0.4 is 16.4 Å². The first-order chi connectivity index (χ1) is 14.5. The number of nitrogens with one attached hydrogen (secondary N) is 2. The number of halogens is 3. The highest BCUT2D eigenvalue weighted by Crippen LogP contribution is 2.27. The van der Waals surface area contributed by atoms with Crippen LogP contribution in [0.2, 0.25) is 5.02 Å². The Labute approximate surface area is 177 Å². The van der Waals surface area contributed by atoms with Gasteiger partial charge in [0.05, 0.1) is 16.9 Å². The lowest BCUT2D eigenvalue weighted by molar-refractivity contribution is 0.509. The van der Waals surface area contributed by atoms with Gasteiger partial charge >= 0.3 is 0 Å². The van der Waals surface area contributed by atoms with Gasteiger partial charge in [-0.3, -0.25) is 0 Å². The van der Waals surface area contributed by atoms with E-state index in [1.165, 1.54) is 12.3 Å². The minimum atomic E-state index is -0.935. The number of hydrogen-bond acceptors (Lipinski definition) is 4. The molecule has 0 fully saturated rings. The number of benzene rings is 3. The molecular weight excluding hydrogens is 406 g/mol. The van der Waals surface area contributed by atoms with Crippen LogP contribution >= 0.6 is 11.6 Å². The van der Waals surface area contributed by atoms with Crippen molar-refractivity contribution in [1.29, 1.82) is 0 Å². The monoisotopic (exact) mass is 422 g/mol. The van der Waals surface area contributed by atoms with Gasteiger partial charge in [-0.05, 0) is 54.6 Å². The summed E-state index contributed by atoms with van der Waals surface area (Å²) in [5.41, 5.74) is 9.92. The van der Waals surface area contributed by atoms with E-state index in [1.54, 1.807) is 6.07 Å². The molecule has 0 aliphatic heterocycles. The third kappa shape index (κ3) is 4.34. The van der Waals surface area contributed by atoms with E-state index in [9.17, 15) is 8.78 Å². The van der Waals surface area contributed by atoms with Crippen molar-refractivity contribution < 1.29 is 8.78 Å². The number of aromatic nitrogens is 1. The molecule has 7 heteroatoms. The van der Waals surface area contributed by atoms with Gasteiger partial charge in [-0.2, -0.15) is 0 Å². The van der Waals surface area contributed by atoms with E-state index in [0.29, 0.717) is 22.1 Å². The zero-order valence-electron chi connectivity index (χ0n) is 15.7. The lowest BCUT2D eigenvalue weighted by Crippen LogP contribution is -2.03. The second-order valence-corrected chi connectivity index (χ2v) is 7.01. The van der Waals surface area contributed by atoms with E-state index in [-0.39, 0.29) is 0 Å². The number of nitrogens with two attached hydrogens (primary N) is 1. The Hall–Kier alpha value is -3.64. The van der Waals surface area contributed by atoms with Gasteiger partial charge < -0.3 is 16.4 Å². The summed E-state index contributed by atoms with van der Waals surface area (Å²) in [6, 6.07) is 20.4. The lowest BCUT2D eigenvalue weighted by Gasteiger charge is -2.11. The van der Waals surface area contributed by atoms with Crippen LogP contribution in [-0.4, -0.2) is 4.98 Å². The van der Waals surface area contributed by atoms with Crippen molar-refractivity contribution in [3.05, 3.63) is 101 Å². The Balaban J connectivity index is 1.59. The van der Waals surface area contributed by atoms with Gasteiger partial charge in [0.2, 0.25) is 0 Å². The zero-order chi connectivity index (χ0) is 21.1. The van der Waals surface area contributed by atoms with Crippen molar-refractivity contribution >= 4 is 45.3 Å². The summed E-state index contributed by atoms with van der Waals surface area (Å²) in [5.74, 6) is -1.84. The van der Waals surface area contributed by atoms with Crippen LogP contribution in [0.5, 0.6) is 0 Å². The van der Waals surface area contributed by atoms with Gasteiger partial charge in [-0.25, -0.2) is 13.8 Å². The normalized spacial score (nSPS) is 11.5. The second-order valence-electron chi connectivity index (χ2n) is 6.58. The maximum absolute atomic E-state index is 13.3. The highest BCUT2D eigenvalue weighted by atomic mass is 35.5. The van der Waals surface area contributed by atoms with Crippen LogP contribution in [0, 0.1) is 11.6 Å². The summed E-state index contributed by atoms with van der Waals surface area (Å²) in [7, 11) is 0. The fraction of sp³-hybridized carbons (Fsp3) is 0. The molecule has 3 aromatic carbocycles. The summed E-state index contributed by atoms with van der Waals surface area (Å²) in [6.07, 6.45) is 1.49. The van der Waals surface area contributed by atoms with Crippen LogP contribution in [0.3, 0.4) is 0 Å². The molecule has 0 unspecified atom stereocenters. The van der Waals surface area contributed by atoms with Crippen molar-refractivity contribution in [3.8, 4) is 0 Å². The first-order valence-electron chi connectivity index (χ1n) is 9.09. The van der Waals surface area contributed by atoms with Crippen LogP contribution in [0.25, 0.3) is 16.6 Å². The van der Waals surface area contributed by atoms with Crippen LogP contribution in [0.15, 0.2) is 79.0 Å². The largest absolute Gasteiger partial charge is 0.396 e. The minimum Gasteiger partial charge on any atom is -0.396 e. The molecule has 4 nitrogen and oxygen atoms in total. The topological polar surface area (TPSA) is 63.0 Å². The molecule has 1 heterocycles. The quantitative estimate of drug-likeness (QED) is 0.354. The lowest BCUT2D eigenvalue weighted by atomic mass is 10.1. The van der Waals surface area contributed by atoms with Crippen molar-refractivity contribution in [2.24, 2.45) is 5.73 Å². The molecule has 0 radical (unpaired) electrons. The van der Waals surface area contributed by atoms with E-state index < -0.39 is 11.6 Å². The predicted molar refractivity (Wildman–Crippen MR) is 119 cm³/mol. The fourth-order valence-electron chi connectivity index (χ4n) is 2.97. The van der Waals surface area contributed by atoms with Crippen molar-refractivity contribution in [2.75, 3.05) is 10.6 Å². The summed E-state index contributed by atoms with van der Waals surface area (Å²) < 4.78 is 26.4. The van der Waals surface area contributed by atoms with Crippen LogP contribution in [0.1, 0.15) is 5.69 Å². The maximum atomic E-state index is 13.3. The first-order valence-corrected chi connectivity index (χ1v) is 9.47. The number of rotatable bonds is 5. The molecule has 0 saturated carbocycles. The number of anilines is 3. The third-order valence-corrected chi connectivity index (χ3v) is 4.68. The van der Waals surface area contributed by atoms with E-state index in [0.717, 1.165) is 34.4 Å². The molecule has 4 aromatic rings. The Bertz CT molecular complexity index is 1260. The van der Waals surface area contributed by atoms with Gasteiger partial charge in [0.1, 0.15) is 0 Å². The summed E-state index contributed by atoms with van der Waals surface area (Å²) in [4.78, 5) is 4.61. The summed E-state index contributed by atoms with van der Waals surface area (Å²) in [6.45, 7) is 0. The number of nitrogens with zero attached hydrogens (tertiary/aromatic N) is 1. The van der Waals surface area contributed by atoms with Crippen LogP contribution in [-0.2, 0) is 0 Å². The minimum absolute atomic E-state index is 0.356. The molecule has 0 aliphatic carbocycles. The second kappa shape index (κ2) is 8.39. The highest BCUT2D eigenvalue weighted by molar-refractivity contribution is 6.30. The molecule has 0 aliphatic rings. The summed E-state index contributed by atoms with van der Waals surface area (Å²) >= 11 is 6.06.